The first-order valence-electron chi connectivity index (χ1n) is 5.63. The number of hydrogen-bond acceptors (Lipinski definition) is 2. The minimum atomic E-state index is 0.311. The van der Waals surface area contributed by atoms with Crippen LogP contribution in [0, 0.1) is 11.8 Å². The fraction of sp³-hybridized carbons (Fsp3) is 0.750. The lowest BCUT2D eigenvalue weighted by molar-refractivity contribution is -0.114. The van der Waals surface area contributed by atoms with Gasteiger partial charge >= 0.3 is 0 Å². The molecular weight excluding hydrogens is 174 g/mol. The lowest BCUT2D eigenvalue weighted by Gasteiger charge is -2.37. The molecule has 2 unspecified atom stereocenters. The number of carbonyl (C=O) groups is 1. The van der Waals surface area contributed by atoms with Gasteiger partial charge in [0.1, 0.15) is 0 Å². The van der Waals surface area contributed by atoms with Crippen molar-refractivity contribution < 1.29 is 4.79 Å². The molecule has 78 valence electrons. The molecular formula is C12H19NO. The monoisotopic (exact) mass is 193 g/mol. The van der Waals surface area contributed by atoms with Crippen molar-refractivity contribution in [3.8, 4) is 0 Å². The Bertz CT molecular complexity index is 259. The summed E-state index contributed by atoms with van der Waals surface area (Å²) in [5.41, 5.74) is 1.29. The van der Waals surface area contributed by atoms with Gasteiger partial charge in [-0.05, 0) is 24.7 Å². The topological polar surface area (TPSA) is 20.3 Å². The molecule has 2 heteroatoms. The van der Waals surface area contributed by atoms with Crippen molar-refractivity contribution in [1.29, 1.82) is 0 Å². The van der Waals surface area contributed by atoms with Crippen LogP contribution in [0.2, 0.25) is 0 Å². The molecule has 0 spiro atoms. The quantitative estimate of drug-likeness (QED) is 0.636. The minimum Gasteiger partial charge on any atom is -0.374 e. The predicted molar refractivity (Wildman–Crippen MR) is 56.8 cm³/mol. The molecule has 2 atom stereocenters. The molecule has 2 nitrogen and oxygen atoms in total. The zero-order chi connectivity index (χ0) is 10.1. The van der Waals surface area contributed by atoms with E-state index in [0.717, 1.165) is 37.8 Å². The highest BCUT2D eigenvalue weighted by atomic mass is 16.1. The summed E-state index contributed by atoms with van der Waals surface area (Å²) in [6.45, 7) is 6.90. The summed E-state index contributed by atoms with van der Waals surface area (Å²) in [5.74, 6) is 1.86. The van der Waals surface area contributed by atoms with Crippen molar-refractivity contribution in [3.63, 3.8) is 0 Å². The summed E-state index contributed by atoms with van der Waals surface area (Å²) in [5, 5.41) is 0. The van der Waals surface area contributed by atoms with E-state index in [-0.39, 0.29) is 0 Å². The highest BCUT2D eigenvalue weighted by Crippen LogP contribution is 2.27. The molecule has 0 saturated carbocycles. The molecule has 0 bridgehead atoms. The van der Waals surface area contributed by atoms with Crippen LogP contribution in [0.15, 0.2) is 11.8 Å². The lowest BCUT2D eigenvalue weighted by Crippen LogP contribution is -2.37. The van der Waals surface area contributed by atoms with E-state index < -0.39 is 0 Å². The molecule has 0 radical (unpaired) electrons. The van der Waals surface area contributed by atoms with Crippen molar-refractivity contribution in [3.05, 3.63) is 11.8 Å². The molecule has 1 fully saturated rings. The summed E-state index contributed by atoms with van der Waals surface area (Å²) in [6.07, 6.45) is 4.88. The highest BCUT2D eigenvalue weighted by molar-refractivity contribution is 5.92. The van der Waals surface area contributed by atoms with Crippen molar-refractivity contribution in [2.45, 2.75) is 33.1 Å². The number of rotatable bonds is 1. The molecule has 0 N–H and O–H groups in total. The molecule has 0 aromatic heterocycles. The summed E-state index contributed by atoms with van der Waals surface area (Å²) in [7, 11) is 0. The van der Waals surface area contributed by atoms with Gasteiger partial charge in [-0.1, -0.05) is 13.8 Å². The maximum atomic E-state index is 11.2. The van der Waals surface area contributed by atoms with Gasteiger partial charge in [-0.2, -0.15) is 0 Å². The Kier molecular flexibility index (Phi) is 2.62. The van der Waals surface area contributed by atoms with Gasteiger partial charge < -0.3 is 4.90 Å². The van der Waals surface area contributed by atoms with Gasteiger partial charge in [-0.25, -0.2) is 0 Å². The molecule has 0 amide bonds. The largest absolute Gasteiger partial charge is 0.374 e. The number of piperidine rings is 1. The number of carbonyl (C=O) groups excluding carboxylic acids is 1. The van der Waals surface area contributed by atoms with Crippen LogP contribution in [0.4, 0.5) is 0 Å². The predicted octanol–water partition coefficient (Wildman–Crippen LogP) is 2.21. The van der Waals surface area contributed by atoms with Crippen LogP contribution in [0.25, 0.3) is 0 Å². The number of allylic oxidation sites excluding steroid dienone is 2. The summed E-state index contributed by atoms with van der Waals surface area (Å²) < 4.78 is 0. The summed E-state index contributed by atoms with van der Waals surface area (Å²) in [4.78, 5) is 13.6. The zero-order valence-corrected chi connectivity index (χ0v) is 9.12. The number of nitrogens with zero attached hydrogens (tertiary/aromatic N) is 1. The fourth-order valence-corrected chi connectivity index (χ4v) is 2.73. The van der Waals surface area contributed by atoms with Gasteiger partial charge in [0.15, 0.2) is 5.78 Å². The average molecular weight is 193 g/mol. The van der Waals surface area contributed by atoms with Gasteiger partial charge in [-0.3, -0.25) is 4.79 Å². The fourth-order valence-electron chi connectivity index (χ4n) is 2.73. The smallest absolute Gasteiger partial charge is 0.157 e. The van der Waals surface area contributed by atoms with Crippen LogP contribution < -0.4 is 0 Å². The van der Waals surface area contributed by atoms with E-state index in [2.05, 4.69) is 18.7 Å². The zero-order valence-electron chi connectivity index (χ0n) is 9.12. The van der Waals surface area contributed by atoms with Gasteiger partial charge in [0, 0.05) is 31.3 Å². The van der Waals surface area contributed by atoms with Crippen molar-refractivity contribution in [1.82, 2.24) is 4.90 Å². The van der Waals surface area contributed by atoms with E-state index in [9.17, 15) is 4.79 Å². The summed E-state index contributed by atoms with van der Waals surface area (Å²) in [6, 6.07) is 0. The van der Waals surface area contributed by atoms with Gasteiger partial charge in [0.2, 0.25) is 0 Å². The van der Waals surface area contributed by atoms with Crippen LogP contribution in [0.5, 0.6) is 0 Å². The average Bonchev–Trinajstić information content (AvgIpc) is 2.50. The van der Waals surface area contributed by atoms with E-state index in [4.69, 9.17) is 0 Å². The molecule has 1 aliphatic carbocycles. The molecule has 2 aliphatic rings. The Morgan fingerprint density at radius 3 is 2.36 bits per heavy atom. The van der Waals surface area contributed by atoms with Crippen molar-refractivity contribution >= 4 is 5.78 Å². The maximum absolute atomic E-state index is 11.2. The van der Waals surface area contributed by atoms with E-state index >= 15 is 0 Å². The molecule has 0 aromatic carbocycles. The molecule has 0 aromatic rings. The Hall–Kier alpha value is -0.790. The maximum Gasteiger partial charge on any atom is 0.157 e. The van der Waals surface area contributed by atoms with Crippen LogP contribution in [-0.4, -0.2) is 23.8 Å². The number of ketones is 1. The third-order valence-electron chi connectivity index (χ3n) is 3.23. The Balaban J connectivity index is 2.03. The molecule has 14 heavy (non-hydrogen) atoms. The lowest BCUT2D eigenvalue weighted by atomic mass is 9.91. The van der Waals surface area contributed by atoms with Crippen LogP contribution in [0.3, 0.4) is 0 Å². The highest BCUT2D eigenvalue weighted by Gasteiger charge is 2.25. The third-order valence-corrected chi connectivity index (χ3v) is 3.23. The molecule has 1 saturated heterocycles. The second-order valence-corrected chi connectivity index (χ2v) is 4.95. The van der Waals surface area contributed by atoms with Crippen LogP contribution in [-0.2, 0) is 4.79 Å². The van der Waals surface area contributed by atoms with Gasteiger partial charge in [0.05, 0.1) is 0 Å². The SMILES string of the molecule is CC1CC(C)CN(C2=CC(=O)CC2)C1. The van der Waals surface area contributed by atoms with Crippen LogP contribution >= 0.6 is 0 Å². The minimum absolute atomic E-state index is 0.311. The standard InChI is InChI=1S/C12H19NO/c1-9-5-10(2)8-13(7-9)11-3-4-12(14)6-11/h6,9-10H,3-5,7-8H2,1-2H3. The van der Waals surface area contributed by atoms with Gasteiger partial charge in [-0.15, -0.1) is 0 Å². The van der Waals surface area contributed by atoms with Crippen molar-refractivity contribution in [2.75, 3.05) is 13.1 Å². The number of likely N-dealkylation sites (tertiary alicyclic amines) is 1. The second kappa shape index (κ2) is 3.76. The van der Waals surface area contributed by atoms with Crippen LogP contribution in [0.1, 0.15) is 33.1 Å². The Labute approximate surface area is 86.0 Å². The van der Waals surface area contributed by atoms with E-state index in [0.29, 0.717) is 5.78 Å². The first kappa shape index (κ1) is 9.75. The molecule has 2 rings (SSSR count). The Morgan fingerprint density at radius 1 is 1.21 bits per heavy atom. The van der Waals surface area contributed by atoms with Crippen molar-refractivity contribution in [2.24, 2.45) is 11.8 Å². The first-order valence-corrected chi connectivity index (χ1v) is 5.63. The summed E-state index contributed by atoms with van der Waals surface area (Å²) >= 11 is 0. The number of hydrogen-bond donors (Lipinski definition) is 0. The van der Waals surface area contributed by atoms with E-state index in [1.54, 1.807) is 0 Å². The van der Waals surface area contributed by atoms with Gasteiger partial charge in [0.25, 0.3) is 0 Å². The second-order valence-electron chi connectivity index (χ2n) is 4.95. The molecule has 1 heterocycles. The third kappa shape index (κ3) is 1.99. The van der Waals surface area contributed by atoms with E-state index in [1.807, 2.05) is 6.08 Å². The van der Waals surface area contributed by atoms with E-state index in [1.165, 1.54) is 12.1 Å². The Morgan fingerprint density at radius 2 is 1.86 bits per heavy atom. The first-order chi connectivity index (χ1) is 6.65. The normalized spacial score (nSPS) is 33.4. The molecule has 1 aliphatic heterocycles.